The Morgan fingerprint density at radius 3 is 2.34 bits per heavy atom. The molecular weight excluding hydrogens is 467 g/mol. The summed E-state index contributed by atoms with van der Waals surface area (Å²) in [6.07, 6.45) is 8.39. The summed E-state index contributed by atoms with van der Waals surface area (Å²) in [5.74, 6) is 0.0745. The van der Waals surface area contributed by atoms with Crippen molar-refractivity contribution < 1.29 is 9.13 Å². The maximum absolute atomic E-state index is 14.9. The minimum Gasteiger partial charge on any atom is -0.495 e. The largest absolute Gasteiger partial charge is 0.495 e. The summed E-state index contributed by atoms with van der Waals surface area (Å²) in [5.41, 5.74) is 4.40. The van der Waals surface area contributed by atoms with E-state index in [9.17, 15) is 9.18 Å². The molecule has 174 valence electrons. The lowest BCUT2D eigenvalue weighted by atomic mass is 9.96. The summed E-state index contributed by atoms with van der Waals surface area (Å²) in [4.78, 5) is 20.9. The summed E-state index contributed by atoms with van der Waals surface area (Å²) in [6.45, 7) is 0. The zero-order valence-electron chi connectivity index (χ0n) is 18.9. The molecule has 0 spiro atoms. The highest BCUT2D eigenvalue weighted by Crippen LogP contribution is 2.41. The van der Waals surface area contributed by atoms with E-state index in [1.165, 1.54) is 21.3 Å². The van der Waals surface area contributed by atoms with Crippen molar-refractivity contribution in [3.05, 3.63) is 107 Å². The van der Waals surface area contributed by atoms with E-state index in [4.69, 9.17) is 16.3 Å². The molecule has 0 aliphatic rings. The van der Waals surface area contributed by atoms with Gasteiger partial charge in [0.25, 0.3) is 0 Å². The molecule has 3 heterocycles. The van der Waals surface area contributed by atoms with Crippen LogP contribution in [0.25, 0.3) is 39.2 Å². The van der Waals surface area contributed by atoms with Crippen LogP contribution >= 0.6 is 11.6 Å². The van der Waals surface area contributed by atoms with Gasteiger partial charge in [-0.25, -0.2) is 9.18 Å². The molecule has 2 aromatic carbocycles. The molecule has 0 unspecified atom stereocenters. The van der Waals surface area contributed by atoms with Crippen LogP contribution in [-0.2, 0) is 7.05 Å². The monoisotopic (exact) mass is 486 g/mol. The summed E-state index contributed by atoms with van der Waals surface area (Å²) >= 11 is 6.56. The minimum atomic E-state index is -0.421. The second kappa shape index (κ2) is 9.19. The van der Waals surface area contributed by atoms with Gasteiger partial charge in [-0.05, 0) is 59.7 Å². The van der Waals surface area contributed by atoms with Crippen LogP contribution in [0, 0.1) is 5.82 Å². The zero-order valence-corrected chi connectivity index (χ0v) is 19.7. The lowest BCUT2D eigenvalue weighted by Crippen LogP contribution is -2.20. The topological polar surface area (TPSA) is 61.9 Å². The van der Waals surface area contributed by atoms with E-state index in [0.29, 0.717) is 38.8 Å². The molecule has 0 amide bonds. The lowest BCUT2D eigenvalue weighted by molar-refractivity contribution is 0.417. The van der Waals surface area contributed by atoms with Gasteiger partial charge in [-0.3, -0.25) is 14.5 Å². The Bertz CT molecular complexity index is 1600. The molecule has 0 aliphatic carbocycles. The highest BCUT2D eigenvalue weighted by Gasteiger charge is 2.18. The fraction of sp³-hybridized carbons (Fsp3) is 0.0741. The fourth-order valence-corrected chi connectivity index (χ4v) is 4.30. The number of nitrogens with zero attached hydrogens (tertiary/aromatic N) is 4. The van der Waals surface area contributed by atoms with Gasteiger partial charge in [-0.1, -0.05) is 17.7 Å². The molecular formula is C27H20ClFN4O2. The first-order chi connectivity index (χ1) is 17.0. The normalized spacial score (nSPS) is 11.0. The second-order valence-corrected chi connectivity index (χ2v) is 8.34. The Morgan fingerprint density at radius 1 is 0.943 bits per heavy atom. The summed E-state index contributed by atoms with van der Waals surface area (Å²) in [5, 5.41) is 0.353. The van der Waals surface area contributed by atoms with Crippen molar-refractivity contribution in [2.24, 2.45) is 7.05 Å². The lowest BCUT2D eigenvalue weighted by Gasteiger charge is -2.16. The minimum absolute atomic E-state index is 0.215. The van der Waals surface area contributed by atoms with Crippen molar-refractivity contribution in [2.75, 3.05) is 7.11 Å². The number of rotatable bonds is 5. The Kier molecular flexibility index (Phi) is 5.93. The van der Waals surface area contributed by atoms with Crippen molar-refractivity contribution in [3.8, 4) is 44.9 Å². The van der Waals surface area contributed by atoms with Gasteiger partial charge in [0.1, 0.15) is 11.6 Å². The highest BCUT2D eigenvalue weighted by atomic mass is 35.5. The number of aromatic nitrogens is 4. The average Bonchev–Trinajstić information content (AvgIpc) is 3.21. The standard InChI is InChI=1S/C27H20ClFN4O2/c1-32-10-11-33(27(32)34)25-6-5-17(12-23(25)28)21-14-20(29)15-22(26(21)35-2)18-7-9-31-24(13-18)19-4-3-8-30-16-19/h3-16H,1-2H3. The van der Waals surface area contributed by atoms with E-state index in [-0.39, 0.29) is 5.69 Å². The van der Waals surface area contributed by atoms with E-state index < -0.39 is 5.82 Å². The molecule has 0 fully saturated rings. The van der Waals surface area contributed by atoms with Crippen LogP contribution in [0.2, 0.25) is 5.02 Å². The molecule has 0 saturated carbocycles. The number of aryl methyl sites for hydroxylation is 1. The van der Waals surface area contributed by atoms with Gasteiger partial charge in [0.15, 0.2) is 0 Å². The predicted octanol–water partition coefficient (Wildman–Crippen LogP) is 5.77. The smallest absolute Gasteiger partial charge is 0.332 e. The summed E-state index contributed by atoms with van der Waals surface area (Å²) in [6, 6.07) is 15.5. The number of benzene rings is 2. The maximum Gasteiger partial charge on any atom is 0.332 e. The SMILES string of the molecule is COc1c(-c2ccnc(-c3cccnc3)c2)cc(F)cc1-c1ccc(-n2ccn(C)c2=O)c(Cl)c1. The Balaban J connectivity index is 1.62. The number of imidazole rings is 1. The molecule has 0 aliphatic heterocycles. The molecule has 5 aromatic rings. The van der Waals surface area contributed by atoms with E-state index in [1.54, 1.807) is 69.4 Å². The molecule has 6 nitrogen and oxygen atoms in total. The first kappa shape index (κ1) is 22.6. The van der Waals surface area contributed by atoms with Crippen molar-refractivity contribution in [1.82, 2.24) is 19.1 Å². The second-order valence-electron chi connectivity index (χ2n) is 7.93. The Morgan fingerprint density at radius 2 is 1.71 bits per heavy atom. The van der Waals surface area contributed by atoms with Crippen LogP contribution in [-0.4, -0.2) is 26.2 Å². The number of hydrogen-bond donors (Lipinski definition) is 0. The molecule has 0 bridgehead atoms. The van der Waals surface area contributed by atoms with Crippen LogP contribution in [0.1, 0.15) is 0 Å². The van der Waals surface area contributed by atoms with E-state index >= 15 is 0 Å². The Hall–Kier alpha value is -4.23. The number of hydrogen-bond acceptors (Lipinski definition) is 4. The first-order valence-corrected chi connectivity index (χ1v) is 11.1. The number of ether oxygens (including phenoxy) is 1. The van der Waals surface area contributed by atoms with Gasteiger partial charge >= 0.3 is 5.69 Å². The molecule has 8 heteroatoms. The fourth-order valence-electron chi connectivity index (χ4n) is 4.03. The van der Waals surface area contributed by atoms with Crippen LogP contribution < -0.4 is 10.4 Å². The highest BCUT2D eigenvalue weighted by molar-refractivity contribution is 6.32. The van der Waals surface area contributed by atoms with E-state index in [0.717, 1.165) is 11.1 Å². The van der Waals surface area contributed by atoms with Crippen LogP contribution in [0.5, 0.6) is 5.75 Å². The first-order valence-electron chi connectivity index (χ1n) is 10.7. The van der Waals surface area contributed by atoms with Crippen molar-refractivity contribution in [3.63, 3.8) is 0 Å². The van der Waals surface area contributed by atoms with Gasteiger partial charge < -0.3 is 9.30 Å². The van der Waals surface area contributed by atoms with Crippen LogP contribution in [0.15, 0.2) is 90.4 Å². The predicted molar refractivity (Wildman–Crippen MR) is 134 cm³/mol. The van der Waals surface area contributed by atoms with Crippen molar-refractivity contribution >= 4 is 11.6 Å². The van der Waals surface area contributed by atoms with Gasteiger partial charge in [-0.15, -0.1) is 0 Å². The van der Waals surface area contributed by atoms with Gasteiger partial charge in [0.2, 0.25) is 0 Å². The number of halogens is 2. The maximum atomic E-state index is 14.9. The summed E-state index contributed by atoms with van der Waals surface area (Å²) in [7, 11) is 3.21. The van der Waals surface area contributed by atoms with Crippen LogP contribution in [0.4, 0.5) is 4.39 Å². The Labute approximate surface area is 205 Å². The number of methoxy groups -OCH3 is 1. The average molecular weight is 487 g/mol. The molecule has 35 heavy (non-hydrogen) atoms. The zero-order chi connectivity index (χ0) is 24.5. The molecule has 0 radical (unpaired) electrons. The van der Waals surface area contributed by atoms with E-state index in [2.05, 4.69) is 9.97 Å². The number of pyridine rings is 2. The summed E-state index contributed by atoms with van der Waals surface area (Å²) < 4.78 is 23.6. The third kappa shape index (κ3) is 4.22. The third-order valence-corrected chi connectivity index (χ3v) is 6.05. The molecule has 0 N–H and O–H groups in total. The van der Waals surface area contributed by atoms with Gasteiger partial charge in [-0.2, -0.15) is 0 Å². The van der Waals surface area contributed by atoms with E-state index in [1.807, 2.05) is 18.2 Å². The van der Waals surface area contributed by atoms with Crippen molar-refractivity contribution in [2.45, 2.75) is 0 Å². The van der Waals surface area contributed by atoms with Crippen LogP contribution in [0.3, 0.4) is 0 Å². The van der Waals surface area contributed by atoms with Crippen molar-refractivity contribution in [1.29, 1.82) is 0 Å². The molecule has 0 saturated heterocycles. The van der Waals surface area contributed by atoms with Gasteiger partial charge in [0, 0.05) is 54.7 Å². The third-order valence-electron chi connectivity index (χ3n) is 5.75. The quantitative estimate of drug-likeness (QED) is 0.316. The molecule has 0 atom stereocenters. The molecule has 3 aromatic heterocycles. The molecule has 5 rings (SSSR count). The van der Waals surface area contributed by atoms with Gasteiger partial charge in [0.05, 0.1) is 23.5 Å².